The average molecular weight is 451 g/mol. The summed E-state index contributed by atoms with van der Waals surface area (Å²) in [7, 11) is -0.228. The lowest BCUT2D eigenvalue weighted by atomic mass is 9.69. The fourth-order valence-corrected chi connectivity index (χ4v) is 6.23. The number of carbonyl (C=O) groups is 2. The number of hydrogen-bond acceptors (Lipinski definition) is 3. The number of carbonyl (C=O) groups excluding carboxylic acids is 2. The molecule has 170 valence electrons. The Morgan fingerprint density at radius 2 is 1.28 bits per heavy atom. The van der Waals surface area contributed by atoms with Gasteiger partial charge in [0.05, 0.1) is 0 Å². The fourth-order valence-electron chi connectivity index (χ4n) is 5.41. The molecule has 0 N–H and O–H groups in total. The average Bonchev–Trinajstić information content (AvgIpc) is 2.86. The highest BCUT2D eigenvalue weighted by Gasteiger charge is 2.52. The number of aryl methyl sites for hydroxylation is 4. The van der Waals surface area contributed by atoms with Gasteiger partial charge in [0.25, 0.3) is 0 Å². The van der Waals surface area contributed by atoms with Crippen LogP contribution in [0.25, 0.3) is 0 Å². The van der Waals surface area contributed by atoms with Gasteiger partial charge in [-0.2, -0.15) is 0 Å². The first-order chi connectivity index (χ1) is 15.5. The Bertz CT molecular complexity index is 965. The molecule has 1 saturated carbocycles. The van der Waals surface area contributed by atoms with Crippen molar-refractivity contribution in [3.05, 3.63) is 69.8 Å². The van der Waals surface area contributed by atoms with Crippen LogP contribution < -0.4 is 0 Å². The molecule has 2 unspecified atom stereocenters. The van der Waals surface area contributed by atoms with E-state index in [1.165, 1.54) is 0 Å². The molecule has 1 aliphatic rings. The first-order valence-corrected chi connectivity index (χ1v) is 12.9. The Labute approximate surface area is 194 Å². The maximum Gasteiger partial charge on any atom is 0.181 e. The van der Waals surface area contributed by atoms with Crippen molar-refractivity contribution in [3.8, 4) is 0 Å². The van der Waals surface area contributed by atoms with Crippen LogP contribution >= 0.6 is 8.46 Å². The summed E-state index contributed by atoms with van der Waals surface area (Å²) in [6, 6.07) is 12.0. The quantitative estimate of drug-likeness (QED) is 0.299. The zero-order valence-electron chi connectivity index (χ0n) is 19.9. The summed E-state index contributed by atoms with van der Waals surface area (Å²) in [5.74, 6) is -0.660. The normalized spacial score (nSPS) is 20.9. The van der Waals surface area contributed by atoms with E-state index in [9.17, 15) is 14.2 Å². The van der Waals surface area contributed by atoms with Crippen molar-refractivity contribution in [1.29, 1.82) is 0 Å². The molecular weight excluding hydrogens is 415 g/mol. The molecule has 4 heteroatoms. The van der Waals surface area contributed by atoms with Gasteiger partial charge < -0.3 is 0 Å². The molecule has 0 aromatic heterocycles. The molecule has 1 aliphatic carbocycles. The molecule has 0 amide bonds. The van der Waals surface area contributed by atoms with Crippen LogP contribution in [-0.4, -0.2) is 16.7 Å². The van der Waals surface area contributed by atoms with E-state index in [0.717, 1.165) is 66.3 Å². The van der Waals surface area contributed by atoms with E-state index in [2.05, 4.69) is 13.8 Å². The Kier molecular flexibility index (Phi) is 8.17. The highest BCUT2D eigenvalue weighted by molar-refractivity contribution is 7.28. The Hall–Kier alpha value is -2.12. The molecule has 2 aromatic rings. The van der Waals surface area contributed by atoms with Crippen LogP contribution in [-0.2, 0) is 30.2 Å². The topological polar surface area (TPSA) is 51.2 Å². The van der Waals surface area contributed by atoms with Crippen LogP contribution in [0.3, 0.4) is 0 Å². The first kappa shape index (κ1) is 24.5. The molecular formula is C28H35O3P. The maximum atomic E-state index is 14.2. The molecule has 0 aliphatic heterocycles. The SMILES string of the molecule is CCc1cccc(CC)c1C(=O)C1CCCCC1(P=O)C(=O)c1c(CC)cccc1CC. The van der Waals surface area contributed by atoms with Crippen LogP contribution in [0.4, 0.5) is 0 Å². The molecule has 2 atom stereocenters. The summed E-state index contributed by atoms with van der Waals surface area (Å²) in [5, 5.41) is -1.18. The Balaban J connectivity index is 2.17. The van der Waals surface area contributed by atoms with E-state index in [1.807, 2.05) is 50.2 Å². The molecule has 0 spiro atoms. The van der Waals surface area contributed by atoms with Crippen molar-refractivity contribution in [2.75, 3.05) is 0 Å². The minimum Gasteiger partial charge on any atom is -0.294 e. The second-order valence-electron chi connectivity index (χ2n) is 8.82. The Morgan fingerprint density at radius 1 is 0.812 bits per heavy atom. The number of ketones is 2. The van der Waals surface area contributed by atoms with Crippen molar-refractivity contribution >= 4 is 20.0 Å². The molecule has 3 rings (SSSR count). The predicted molar refractivity (Wildman–Crippen MR) is 131 cm³/mol. The monoisotopic (exact) mass is 450 g/mol. The number of hydrogen-bond donors (Lipinski definition) is 0. The van der Waals surface area contributed by atoms with Crippen molar-refractivity contribution in [1.82, 2.24) is 0 Å². The van der Waals surface area contributed by atoms with E-state index in [0.29, 0.717) is 18.4 Å². The van der Waals surface area contributed by atoms with Crippen LogP contribution in [0.5, 0.6) is 0 Å². The van der Waals surface area contributed by atoms with Gasteiger partial charge in [-0.25, -0.2) is 0 Å². The second kappa shape index (κ2) is 10.7. The standard InChI is InChI=1S/C28H35O3P/c1-5-19-13-11-14-20(6-2)24(19)26(29)23-17-9-10-18-28(23,32-31)27(30)25-21(7-3)15-12-16-22(25)8-4/h11-16,23H,5-10,17-18H2,1-4H3. The van der Waals surface area contributed by atoms with Gasteiger partial charge in [0.1, 0.15) is 5.16 Å². The molecule has 3 nitrogen and oxygen atoms in total. The van der Waals surface area contributed by atoms with Crippen molar-refractivity contribution in [3.63, 3.8) is 0 Å². The summed E-state index contributed by atoms with van der Waals surface area (Å²) in [6.45, 7) is 8.20. The largest absolute Gasteiger partial charge is 0.294 e. The highest BCUT2D eigenvalue weighted by atomic mass is 31.1. The molecule has 0 radical (unpaired) electrons. The third kappa shape index (κ3) is 4.25. The van der Waals surface area contributed by atoms with Gasteiger partial charge in [0, 0.05) is 17.0 Å². The second-order valence-corrected chi connectivity index (χ2v) is 9.80. The minimum atomic E-state index is -1.18. The lowest BCUT2D eigenvalue weighted by molar-refractivity contribution is 0.0744. The highest BCUT2D eigenvalue weighted by Crippen LogP contribution is 2.48. The molecule has 0 heterocycles. The van der Waals surface area contributed by atoms with Gasteiger partial charge >= 0.3 is 0 Å². The smallest absolute Gasteiger partial charge is 0.181 e. The van der Waals surface area contributed by atoms with Gasteiger partial charge in [-0.15, -0.1) is 0 Å². The summed E-state index contributed by atoms with van der Waals surface area (Å²) < 4.78 is 12.9. The van der Waals surface area contributed by atoms with Gasteiger partial charge in [-0.05, 0) is 60.8 Å². The number of rotatable bonds is 9. The number of benzene rings is 2. The molecule has 2 aromatic carbocycles. The summed E-state index contributed by atoms with van der Waals surface area (Å²) in [6.07, 6.45) is 5.78. The third-order valence-electron chi connectivity index (χ3n) is 7.22. The zero-order valence-corrected chi connectivity index (χ0v) is 20.8. The third-order valence-corrected chi connectivity index (χ3v) is 8.29. The lowest BCUT2D eigenvalue weighted by Gasteiger charge is -2.38. The van der Waals surface area contributed by atoms with Gasteiger partial charge in [0.15, 0.2) is 20.0 Å². The van der Waals surface area contributed by atoms with Gasteiger partial charge in [0.2, 0.25) is 0 Å². The van der Waals surface area contributed by atoms with Crippen LogP contribution in [0.1, 0.15) is 96.3 Å². The molecule has 32 heavy (non-hydrogen) atoms. The number of Topliss-reactive ketones (excluding diaryl/α,β-unsaturated/α-hetero) is 2. The van der Waals surface area contributed by atoms with E-state index >= 15 is 0 Å². The first-order valence-electron chi connectivity index (χ1n) is 12.1. The molecule has 0 bridgehead atoms. The van der Waals surface area contributed by atoms with Crippen LogP contribution in [0.15, 0.2) is 36.4 Å². The maximum absolute atomic E-state index is 14.2. The fraction of sp³-hybridized carbons (Fsp3) is 0.500. The van der Waals surface area contributed by atoms with Crippen molar-refractivity contribution < 1.29 is 14.2 Å². The summed E-state index contributed by atoms with van der Waals surface area (Å²) in [4.78, 5) is 28.3. The summed E-state index contributed by atoms with van der Waals surface area (Å²) in [5.41, 5.74) is 5.46. The Morgan fingerprint density at radius 3 is 1.72 bits per heavy atom. The van der Waals surface area contributed by atoms with E-state index in [4.69, 9.17) is 0 Å². The van der Waals surface area contributed by atoms with Gasteiger partial charge in [-0.1, -0.05) is 76.9 Å². The van der Waals surface area contributed by atoms with E-state index in [1.54, 1.807) is 0 Å². The lowest BCUT2D eigenvalue weighted by Crippen LogP contribution is -2.47. The van der Waals surface area contributed by atoms with Crippen LogP contribution in [0.2, 0.25) is 0 Å². The van der Waals surface area contributed by atoms with Gasteiger partial charge in [-0.3, -0.25) is 14.2 Å². The molecule has 1 fully saturated rings. The van der Waals surface area contributed by atoms with Crippen LogP contribution in [0, 0.1) is 5.92 Å². The van der Waals surface area contributed by atoms with E-state index < -0.39 is 11.1 Å². The minimum absolute atomic E-state index is 0.00253. The zero-order chi connectivity index (χ0) is 23.3. The molecule has 0 saturated heterocycles. The van der Waals surface area contributed by atoms with Crippen molar-refractivity contribution in [2.24, 2.45) is 5.92 Å². The van der Waals surface area contributed by atoms with E-state index in [-0.39, 0.29) is 20.0 Å². The van der Waals surface area contributed by atoms with Crippen molar-refractivity contribution in [2.45, 2.75) is 84.2 Å². The predicted octanol–water partition coefficient (Wildman–Crippen LogP) is 7.22. The summed E-state index contributed by atoms with van der Waals surface area (Å²) >= 11 is 0.